The Morgan fingerprint density at radius 1 is 1.13 bits per heavy atom. The van der Waals surface area contributed by atoms with Crippen molar-refractivity contribution >= 4 is 34.9 Å². The van der Waals surface area contributed by atoms with Gasteiger partial charge >= 0.3 is 0 Å². The van der Waals surface area contributed by atoms with Gasteiger partial charge in [-0.1, -0.05) is 53.7 Å². The number of amides is 1. The number of nitrogens with zero attached hydrogens (tertiary/aromatic N) is 4. The molecule has 9 heteroatoms. The van der Waals surface area contributed by atoms with E-state index in [9.17, 15) is 4.79 Å². The molecule has 0 aliphatic carbocycles. The second-order valence-corrected chi connectivity index (χ2v) is 7.71. The van der Waals surface area contributed by atoms with Gasteiger partial charge in [-0.25, -0.2) is 0 Å². The summed E-state index contributed by atoms with van der Waals surface area (Å²) in [7, 11) is 1.63. The first-order valence-corrected chi connectivity index (χ1v) is 10.5. The lowest BCUT2D eigenvalue weighted by molar-refractivity contribution is -0.118. The first-order chi connectivity index (χ1) is 14.6. The van der Waals surface area contributed by atoms with Gasteiger partial charge in [0.15, 0.2) is 5.65 Å². The third-order valence-electron chi connectivity index (χ3n) is 4.37. The number of benzene rings is 2. The summed E-state index contributed by atoms with van der Waals surface area (Å²) in [5, 5.41) is 16.9. The number of aromatic nitrogens is 4. The van der Waals surface area contributed by atoms with Gasteiger partial charge in [-0.3, -0.25) is 4.79 Å². The minimum atomic E-state index is -0.124. The molecular formula is C21H18ClN5O2S. The van der Waals surface area contributed by atoms with Crippen LogP contribution < -0.4 is 10.1 Å². The fourth-order valence-corrected chi connectivity index (χ4v) is 3.73. The standard InChI is InChI=1S/C21H18ClN5O2S/c1-29-16-7-4-6-14(11-16)18-9-10-19-24-25-21(27(19)26-18)30-13-20(28)23-12-15-5-2-3-8-17(15)22/h2-11H,12-13H2,1H3,(H,23,28). The fourth-order valence-electron chi connectivity index (χ4n) is 2.81. The molecule has 0 saturated heterocycles. The summed E-state index contributed by atoms with van der Waals surface area (Å²) in [5.41, 5.74) is 3.15. The smallest absolute Gasteiger partial charge is 0.230 e. The first kappa shape index (κ1) is 20.2. The first-order valence-electron chi connectivity index (χ1n) is 9.14. The van der Waals surface area contributed by atoms with Crippen LogP contribution in [0.3, 0.4) is 0 Å². The molecule has 2 heterocycles. The topological polar surface area (TPSA) is 81.4 Å². The number of fused-ring (bicyclic) bond motifs is 1. The number of hydrogen-bond donors (Lipinski definition) is 1. The molecule has 0 spiro atoms. The van der Waals surface area contributed by atoms with Crippen LogP contribution in [-0.2, 0) is 11.3 Å². The Hall–Kier alpha value is -3.10. The molecule has 0 aliphatic heterocycles. The minimum absolute atomic E-state index is 0.124. The van der Waals surface area contributed by atoms with Crippen molar-refractivity contribution in [2.24, 2.45) is 0 Å². The van der Waals surface area contributed by atoms with Gasteiger partial charge in [0, 0.05) is 17.1 Å². The van der Waals surface area contributed by atoms with Crippen molar-refractivity contribution in [3.05, 3.63) is 71.2 Å². The van der Waals surface area contributed by atoms with Crippen molar-refractivity contribution in [3.8, 4) is 17.0 Å². The van der Waals surface area contributed by atoms with Crippen molar-refractivity contribution in [2.75, 3.05) is 12.9 Å². The van der Waals surface area contributed by atoms with Crippen LogP contribution in [0.5, 0.6) is 5.75 Å². The lowest BCUT2D eigenvalue weighted by Gasteiger charge is -2.07. The SMILES string of the molecule is COc1cccc(-c2ccc3nnc(SCC(=O)NCc4ccccc4Cl)n3n2)c1. The quantitative estimate of drug-likeness (QED) is 0.440. The van der Waals surface area contributed by atoms with E-state index in [1.807, 2.05) is 54.6 Å². The highest BCUT2D eigenvalue weighted by Gasteiger charge is 2.12. The summed E-state index contributed by atoms with van der Waals surface area (Å²) in [6, 6.07) is 18.8. The van der Waals surface area contributed by atoms with Gasteiger partial charge in [0.25, 0.3) is 0 Å². The number of methoxy groups -OCH3 is 1. The van der Waals surface area contributed by atoms with Crippen LogP contribution in [-0.4, -0.2) is 38.6 Å². The maximum absolute atomic E-state index is 12.3. The third-order valence-corrected chi connectivity index (χ3v) is 5.65. The number of thioether (sulfide) groups is 1. The Bertz CT molecular complexity index is 1200. The summed E-state index contributed by atoms with van der Waals surface area (Å²) >= 11 is 7.39. The Balaban J connectivity index is 1.45. The second-order valence-electron chi connectivity index (χ2n) is 6.36. The molecule has 2 aromatic carbocycles. The second kappa shape index (κ2) is 9.15. The fraction of sp³-hybridized carbons (Fsp3) is 0.143. The molecule has 0 saturated carbocycles. The normalized spacial score (nSPS) is 10.9. The third kappa shape index (κ3) is 4.55. The zero-order valence-electron chi connectivity index (χ0n) is 16.1. The molecule has 1 amide bonds. The highest BCUT2D eigenvalue weighted by atomic mass is 35.5. The summed E-state index contributed by atoms with van der Waals surface area (Å²) in [4.78, 5) is 12.3. The van der Waals surface area contributed by atoms with Crippen LogP contribution in [0, 0.1) is 0 Å². The van der Waals surface area contributed by atoms with E-state index in [2.05, 4.69) is 20.6 Å². The van der Waals surface area contributed by atoms with E-state index >= 15 is 0 Å². The van der Waals surface area contributed by atoms with Crippen LogP contribution in [0.15, 0.2) is 65.8 Å². The summed E-state index contributed by atoms with van der Waals surface area (Å²) in [6.07, 6.45) is 0. The van der Waals surface area contributed by atoms with Gasteiger partial charge in [0.1, 0.15) is 5.75 Å². The van der Waals surface area contributed by atoms with E-state index in [1.165, 1.54) is 11.8 Å². The van der Waals surface area contributed by atoms with Gasteiger partial charge in [0.2, 0.25) is 11.1 Å². The highest BCUT2D eigenvalue weighted by Crippen LogP contribution is 2.24. The van der Waals surface area contributed by atoms with E-state index < -0.39 is 0 Å². The van der Waals surface area contributed by atoms with Crippen LogP contribution in [0.25, 0.3) is 16.9 Å². The molecule has 2 aromatic heterocycles. The average molecular weight is 440 g/mol. The maximum atomic E-state index is 12.3. The predicted octanol–water partition coefficient (Wildman–Crippen LogP) is 3.86. The van der Waals surface area contributed by atoms with E-state index in [1.54, 1.807) is 17.7 Å². The molecule has 0 unspecified atom stereocenters. The molecule has 4 aromatic rings. The number of halogens is 1. The van der Waals surface area contributed by atoms with Crippen molar-refractivity contribution in [3.63, 3.8) is 0 Å². The van der Waals surface area contributed by atoms with Gasteiger partial charge in [0.05, 0.1) is 18.6 Å². The number of carbonyl (C=O) groups excluding carboxylic acids is 1. The number of rotatable bonds is 7. The number of nitrogens with one attached hydrogen (secondary N) is 1. The van der Waals surface area contributed by atoms with Crippen LogP contribution in [0.1, 0.15) is 5.56 Å². The van der Waals surface area contributed by atoms with E-state index in [4.69, 9.17) is 16.3 Å². The number of hydrogen-bond acceptors (Lipinski definition) is 6. The van der Waals surface area contributed by atoms with E-state index in [0.29, 0.717) is 22.4 Å². The predicted molar refractivity (Wildman–Crippen MR) is 117 cm³/mol. The lowest BCUT2D eigenvalue weighted by atomic mass is 10.1. The summed E-state index contributed by atoms with van der Waals surface area (Å²) in [5.74, 6) is 0.819. The van der Waals surface area contributed by atoms with Crippen molar-refractivity contribution in [1.82, 2.24) is 25.1 Å². The zero-order valence-corrected chi connectivity index (χ0v) is 17.7. The number of carbonyl (C=O) groups is 1. The van der Waals surface area contributed by atoms with E-state index in [0.717, 1.165) is 22.6 Å². The largest absolute Gasteiger partial charge is 0.497 e. The van der Waals surface area contributed by atoms with Gasteiger partial charge in [-0.05, 0) is 35.9 Å². The Morgan fingerprint density at radius 3 is 2.83 bits per heavy atom. The molecule has 0 aliphatic rings. The number of ether oxygens (including phenoxy) is 1. The lowest BCUT2D eigenvalue weighted by Crippen LogP contribution is -2.24. The molecule has 1 N–H and O–H groups in total. The maximum Gasteiger partial charge on any atom is 0.230 e. The molecule has 152 valence electrons. The van der Waals surface area contributed by atoms with Gasteiger partial charge in [-0.2, -0.15) is 9.61 Å². The molecule has 0 radical (unpaired) electrons. The average Bonchev–Trinajstić information content (AvgIpc) is 3.19. The summed E-state index contributed by atoms with van der Waals surface area (Å²) in [6.45, 7) is 0.373. The van der Waals surface area contributed by atoms with Gasteiger partial charge < -0.3 is 10.1 Å². The molecule has 0 bridgehead atoms. The summed E-state index contributed by atoms with van der Waals surface area (Å²) < 4.78 is 6.92. The minimum Gasteiger partial charge on any atom is -0.497 e. The van der Waals surface area contributed by atoms with Crippen molar-refractivity contribution in [2.45, 2.75) is 11.7 Å². The van der Waals surface area contributed by atoms with E-state index in [-0.39, 0.29) is 11.7 Å². The van der Waals surface area contributed by atoms with Crippen LogP contribution in [0.2, 0.25) is 5.02 Å². The Labute approximate surface area is 182 Å². The molecule has 4 rings (SSSR count). The molecule has 0 fully saturated rings. The van der Waals surface area contributed by atoms with Crippen LogP contribution >= 0.6 is 23.4 Å². The molecular weight excluding hydrogens is 422 g/mol. The van der Waals surface area contributed by atoms with Crippen molar-refractivity contribution < 1.29 is 9.53 Å². The van der Waals surface area contributed by atoms with Crippen LogP contribution in [0.4, 0.5) is 0 Å². The monoisotopic (exact) mass is 439 g/mol. The Kier molecular flexibility index (Phi) is 6.15. The highest BCUT2D eigenvalue weighted by molar-refractivity contribution is 7.99. The van der Waals surface area contributed by atoms with Gasteiger partial charge in [-0.15, -0.1) is 10.2 Å². The zero-order chi connectivity index (χ0) is 20.9. The van der Waals surface area contributed by atoms with Crippen molar-refractivity contribution in [1.29, 1.82) is 0 Å². The molecule has 30 heavy (non-hydrogen) atoms. The molecule has 0 atom stereocenters. The molecule has 7 nitrogen and oxygen atoms in total. The Morgan fingerprint density at radius 2 is 2.00 bits per heavy atom.